The predicted molar refractivity (Wildman–Crippen MR) is 100 cm³/mol. The van der Waals surface area contributed by atoms with Crippen molar-refractivity contribution in [3.05, 3.63) is 0 Å². The Labute approximate surface area is 150 Å². The lowest BCUT2D eigenvalue weighted by Gasteiger charge is -2.37. The van der Waals surface area contributed by atoms with Gasteiger partial charge in [0.1, 0.15) is 5.78 Å². The molecule has 0 saturated heterocycles. The molecule has 2 unspecified atom stereocenters. The second-order valence-electron chi connectivity index (χ2n) is 6.38. The summed E-state index contributed by atoms with van der Waals surface area (Å²) < 4.78 is -0.222. The molecule has 0 aromatic rings. The van der Waals surface area contributed by atoms with Gasteiger partial charge in [0, 0.05) is 10.2 Å². The molecule has 0 amide bonds. The first-order chi connectivity index (χ1) is 9.07. The highest BCUT2D eigenvalue weighted by atomic mass is 79.9. The van der Waals surface area contributed by atoms with Gasteiger partial charge in [-0.05, 0) is 32.1 Å². The van der Waals surface area contributed by atoms with Crippen LogP contribution in [0.1, 0.15) is 73.1 Å². The van der Waals surface area contributed by atoms with Crippen LogP contribution in [0, 0.1) is 11.3 Å². The van der Waals surface area contributed by atoms with E-state index in [2.05, 4.69) is 75.5 Å². The molecule has 0 spiro atoms. The Bertz CT molecular complexity index is 300. The van der Waals surface area contributed by atoms with Crippen LogP contribution in [0.5, 0.6) is 0 Å². The lowest BCUT2D eigenvalue weighted by atomic mass is 9.73. The number of hydrogen-bond donors (Lipinski definition) is 0. The zero-order valence-electron chi connectivity index (χ0n) is 13.4. The van der Waals surface area contributed by atoms with Gasteiger partial charge in [0.2, 0.25) is 0 Å². The number of alkyl halides is 3. The molecule has 20 heavy (non-hydrogen) atoms. The van der Waals surface area contributed by atoms with Crippen molar-refractivity contribution in [3.8, 4) is 0 Å². The minimum absolute atomic E-state index is 0.216. The Morgan fingerprint density at radius 3 is 2.05 bits per heavy atom. The third-order valence-electron chi connectivity index (χ3n) is 4.27. The fourth-order valence-electron chi connectivity index (χ4n) is 2.55. The first-order valence-corrected chi connectivity index (χ1v) is 10.1. The van der Waals surface area contributed by atoms with Gasteiger partial charge >= 0.3 is 0 Å². The molecule has 2 atom stereocenters. The maximum absolute atomic E-state index is 12.3. The van der Waals surface area contributed by atoms with E-state index in [1.807, 2.05) is 0 Å². The molecule has 1 nitrogen and oxygen atoms in total. The van der Waals surface area contributed by atoms with Crippen LogP contribution in [-0.2, 0) is 4.79 Å². The lowest BCUT2D eigenvalue weighted by molar-refractivity contribution is -0.127. The van der Waals surface area contributed by atoms with E-state index in [9.17, 15) is 4.79 Å². The molecule has 4 heteroatoms. The summed E-state index contributed by atoms with van der Waals surface area (Å²) in [5.41, 5.74) is -0.216. The Morgan fingerprint density at radius 2 is 1.70 bits per heavy atom. The number of hydrogen-bond acceptors (Lipinski definition) is 1. The molecule has 0 aliphatic carbocycles. The molecule has 0 heterocycles. The van der Waals surface area contributed by atoms with Gasteiger partial charge in [-0.25, -0.2) is 0 Å². The van der Waals surface area contributed by atoms with Crippen LogP contribution in [0.2, 0.25) is 0 Å². The summed E-state index contributed by atoms with van der Waals surface area (Å²) in [6.07, 6.45) is 6.32. The van der Waals surface area contributed by atoms with Crippen LogP contribution < -0.4 is 0 Å². The second-order valence-corrected chi connectivity index (χ2v) is 11.7. The third-order valence-corrected chi connectivity index (χ3v) is 8.21. The SMILES string of the molecule is CCC(CCCCC(C)C)(CC(Br)(Br)C(C)Br)C(C)=O. The van der Waals surface area contributed by atoms with Crippen molar-refractivity contribution < 1.29 is 4.79 Å². The third kappa shape index (κ3) is 6.91. The predicted octanol–water partition coefficient (Wildman–Crippen LogP) is 6.85. The average Bonchev–Trinajstić information content (AvgIpc) is 2.32. The van der Waals surface area contributed by atoms with Crippen LogP contribution in [-0.4, -0.2) is 13.8 Å². The molecular weight excluding hydrogens is 448 g/mol. The quantitative estimate of drug-likeness (QED) is 0.249. The first kappa shape index (κ1) is 21.1. The Hall–Kier alpha value is 1.11. The fraction of sp³-hybridized carbons (Fsp3) is 0.938. The zero-order chi connectivity index (χ0) is 16.0. The molecule has 0 aromatic carbocycles. The summed E-state index contributed by atoms with van der Waals surface area (Å²) in [7, 11) is 0. The van der Waals surface area contributed by atoms with Crippen molar-refractivity contribution in [2.24, 2.45) is 11.3 Å². The smallest absolute Gasteiger partial charge is 0.136 e. The normalized spacial score (nSPS) is 17.1. The number of halogens is 3. The Morgan fingerprint density at radius 1 is 1.15 bits per heavy atom. The van der Waals surface area contributed by atoms with E-state index in [-0.39, 0.29) is 13.5 Å². The fourth-order valence-corrected chi connectivity index (χ4v) is 3.78. The van der Waals surface area contributed by atoms with E-state index >= 15 is 0 Å². The largest absolute Gasteiger partial charge is 0.299 e. The van der Waals surface area contributed by atoms with Gasteiger partial charge in [-0.1, -0.05) is 94.7 Å². The highest BCUT2D eigenvalue weighted by molar-refractivity contribution is 9.26. The number of carbonyl (C=O) groups excluding carboxylic acids is 1. The van der Waals surface area contributed by atoms with Crippen molar-refractivity contribution in [3.63, 3.8) is 0 Å². The molecule has 0 aliphatic heterocycles. The van der Waals surface area contributed by atoms with E-state index in [1.54, 1.807) is 6.92 Å². The van der Waals surface area contributed by atoms with Crippen molar-refractivity contribution in [2.75, 3.05) is 0 Å². The summed E-state index contributed by atoms with van der Waals surface area (Å²) in [4.78, 5) is 12.5. The standard InChI is InChI=1S/C16H29Br3O/c1-6-15(14(5)20,10-8-7-9-12(2)3)11-16(18,19)13(4)17/h12-13H,6-11H2,1-5H3. The van der Waals surface area contributed by atoms with Gasteiger partial charge < -0.3 is 0 Å². The molecule has 0 aliphatic rings. The van der Waals surface area contributed by atoms with Crippen molar-refractivity contribution >= 4 is 53.6 Å². The highest BCUT2D eigenvalue weighted by Gasteiger charge is 2.42. The van der Waals surface area contributed by atoms with Gasteiger partial charge in [-0.2, -0.15) is 0 Å². The summed E-state index contributed by atoms with van der Waals surface area (Å²) in [6.45, 7) is 10.5. The molecule has 0 aromatic heterocycles. The van der Waals surface area contributed by atoms with Crippen LogP contribution in [0.3, 0.4) is 0 Å². The van der Waals surface area contributed by atoms with E-state index in [0.29, 0.717) is 5.78 Å². The molecular formula is C16H29Br3O. The van der Waals surface area contributed by atoms with E-state index in [4.69, 9.17) is 0 Å². The number of carbonyl (C=O) groups is 1. The van der Waals surface area contributed by atoms with Crippen LogP contribution in [0.4, 0.5) is 0 Å². The van der Waals surface area contributed by atoms with E-state index in [1.165, 1.54) is 12.8 Å². The molecule has 0 bridgehead atoms. The highest BCUT2D eigenvalue weighted by Crippen LogP contribution is 2.48. The summed E-state index contributed by atoms with van der Waals surface area (Å²) in [5, 5.41) is 0. The van der Waals surface area contributed by atoms with Gasteiger partial charge in [0.05, 0.1) is 3.23 Å². The Balaban J connectivity index is 4.80. The zero-order valence-corrected chi connectivity index (χ0v) is 18.2. The van der Waals surface area contributed by atoms with Gasteiger partial charge in [0.25, 0.3) is 0 Å². The summed E-state index contributed by atoms with van der Waals surface area (Å²) >= 11 is 11.1. The monoisotopic (exact) mass is 474 g/mol. The minimum Gasteiger partial charge on any atom is -0.299 e. The number of Topliss-reactive ketones (excluding diaryl/α,β-unsaturated/α-hetero) is 1. The minimum atomic E-state index is -0.222. The van der Waals surface area contributed by atoms with Gasteiger partial charge in [0.15, 0.2) is 0 Å². The molecule has 120 valence electrons. The van der Waals surface area contributed by atoms with Gasteiger partial charge in [-0.15, -0.1) is 0 Å². The van der Waals surface area contributed by atoms with E-state index in [0.717, 1.165) is 31.6 Å². The molecule has 0 N–H and O–H groups in total. The first-order valence-electron chi connectivity index (χ1n) is 7.60. The number of ketones is 1. The Kier molecular flexibility index (Phi) is 9.81. The number of rotatable bonds is 10. The maximum Gasteiger partial charge on any atom is 0.136 e. The molecule has 0 fully saturated rings. The molecule has 0 rings (SSSR count). The van der Waals surface area contributed by atoms with Crippen molar-refractivity contribution in [1.82, 2.24) is 0 Å². The second kappa shape index (κ2) is 9.29. The number of unbranched alkanes of at least 4 members (excludes halogenated alkanes) is 1. The topological polar surface area (TPSA) is 17.1 Å². The average molecular weight is 477 g/mol. The van der Waals surface area contributed by atoms with Crippen molar-refractivity contribution in [1.29, 1.82) is 0 Å². The molecule has 0 saturated carbocycles. The summed E-state index contributed by atoms with van der Waals surface area (Å²) in [6, 6.07) is 0. The van der Waals surface area contributed by atoms with Crippen LogP contribution >= 0.6 is 47.8 Å². The van der Waals surface area contributed by atoms with Gasteiger partial charge in [-0.3, -0.25) is 4.79 Å². The summed E-state index contributed by atoms with van der Waals surface area (Å²) in [5.74, 6) is 1.07. The lowest BCUT2D eigenvalue weighted by Crippen LogP contribution is -2.37. The van der Waals surface area contributed by atoms with Crippen molar-refractivity contribution in [2.45, 2.75) is 81.2 Å². The van der Waals surface area contributed by atoms with Crippen LogP contribution in [0.15, 0.2) is 0 Å². The van der Waals surface area contributed by atoms with Crippen LogP contribution in [0.25, 0.3) is 0 Å². The maximum atomic E-state index is 12.3. The molecule has 0 radical (unpaired) electrons. The van der Waals surface area contributed by atoms with E-state index < -0.39 is 0 Å².